The number of anilines is 1. The molecule has 2 aromatic carbocycles. The second-order valence-electron chi connectivity index (χ2n) is 6.66. The Labute approximate surface area is 166 Å². The summed E-state index contributed by atoms with van der Waals surface area (Å²) in [5, 5.41) is 7.22. The average Bonchev–Trinajstić information content (AvgIpc) is 3.33. The van der Waals surface area contributed by atoms with Gasteiger partial charge in [0.05, 0.1) is 25.6 Å². The van der Waals surface area contributed by atoms with Gasteiger partial charge in [0.15, 0.2) is 17.3 Å². The summed E-state index contributed by atoms with van der Waals surface area (Å²) < 4.78 is 39.0. The first-order valence-electron chi connectivity index (χ1n) is 9.11. The molecule has 1 aliphatic carbocycles. The molecular formula is C21H19F2N3O3. The van der Waals surface area contributed by atoms with Crippen LogP contribution in [0.1, 0.15) is 28.2 Å². The van der Waals surface area contributed by atoms with E-state index in [1.165, 1.54) is 17.9 Å². The quantitative estimate of drug-likeness (QED) is 0.707. The number of nitrogens with one attached hydrogen (secondary N) is 1. The minimum Gasteiger partial charge on any atom is -0.497 e. The van der Waals surface area contributed by atoms with Crippen molar-refractivity contribution in [3.05, 3.63) is 65.0 Å². The van der Waals surface area contributed by atoms with Crippen molar-refractivity contribution in [2.24, 2.45) is 0 Å². The highest BCUT2D eigenvalue weighted by Crippen LogP contribution is 2.32. The van der Waals surface area contributed by atoms with Gasteiger partial charge in [-0.05, 0) is 43.5 Å². The lowest BCUT2D eigenvalue weighted by atomic mass is 10.2. The molecule has 1 N–H and O–H groups in total. The third kappa shape index (κ3) is 3.41. The van der Waals surface area contributed by atoms with Gasteiger partial charge < -0.3 is 14.8 Å². The van der Waals surface area contributed by atoms with Crippen LogP contribution in [0.2, 0.25) is 0 Å². The van der Waals surface area contributed by atoms with Crippen LogP contribution in [-0.2, 0) is 12.8 Å². The molecule has 0 saturated carbocycles. The van der Waals surface area contributed by atoms with E-state index in [-0.39, 0.29) is 5.69 Å². The highest BCUT2D eigenvalue weighted by molar-refractivity contribution is 6.05. The number of hydrogen-bond acceptors (Lipinski definition) is 4. The molecule has 1 aliphatic rings. The number of amides is 1. The zero-order chi connectivity index (χ0) is 20.5. The van der Waals surface area contributed by atoms with E-state index in [4.69, 9.17) is 9.47 Å². The molecule has 0 aliphatic heterocycles. The van der Waals surface area contributed by atoms with Crippen LogP contribution in [0.3, 0.4) is 0 Å². The number of rotatable bonds is 5. The van der Waals surface area contributed by atoms with Crippen LogP contribution < -0.4 is 14.8 Å². The molecular weight excluding hydrogens is 380 g/mol. The topological polar surface area (TPSA) is 65.4 Å². The van der Waals surface area contributed by atoms with Crippen molar-refractivity contribution in [2.75, 3.05) is 19.5 Å². The summed E-state index contributed by atoms with van der Waals surface area (Å²) in [5.74, 6) is -1.23. The molecule has 0 spiro atoms. The molecule has 29 heavy (non-hydrogen) atoms. The van der Waals surface area contributed by atoms with Crippen molar-refractivity contribution in [1.82, 2.24) is 9.78 Å². The zero-order valence-corrected chi connectivity index (χ0v) is 16.0. The number of hydrogen-bond donors (Lipinski definition) is 1. The van der Waals surface area contributed by atoms with Gasteiger partial charge in [-0.1, -0.05) is 0 Å². The lowest BCUT2D eigenvalue weighted by molar-refractivity contribution is 0.102. The van der Waals surface area contributed by atoms with E-state index < -0.39 is 17.5 Å². The Morgan fingerprint density at radius 2 is 1.90 bits per heavy atom. The molecule has 0 atom stereocenters. The molecule has 1 heterocycles. The van der Waals surface area contributed by atoms with E-state index in [0.717, 1.165) is 29.8 Å². The fraction of sp³-hybridized carbons (Fsp3) is 0.238. The van der Waals surface area contributed by atoms with Crippen molar-refractivity contribution in [3.8, 4) is 17.2 Å². The first-order valence-corrected chi connectivity index (χ1v) is 9.11. The number of nitrogens with zero attached hydrogens (tertiary/aromatic N) is 2. The highest BCUT2D eigenvalue weighted by Gasteiger charge is 2.27. The van der Waals surface area contributed by atoms with E-state index >= 15 is 0 Å². The van der Waals surface area contributed by atoms with E-state index in [2.05, 4.69) is 10.4 Å². The molecule has 8 heteroatoms. The van der Waals surface area contributed by atoms with E-state index in [9.17, 15) is 13.6 Å². The normalized spacial score (nSPS) is 12.6. The Bertz CT molecular complexity index is 1100. The summed E-state index contributed by atoms with van der Waals surface area (Å²) in [7, 11) is 3.04. The molecule has 0 bridgehead atoms. The molecule has 1 amide bonds. The molecule has 0 unspecified atom stereocenters. The van der Waals surface area contributed by atoms with Crippen LogP contribution in [0.5, 0.6) is 11.5 Å². The van der Waals surface area contributed by atoms with Crippen LogP contribution in [0.4, 0.5) is 14.5 Å². The Morgan fingerprint density at radius 1 is 1.07 bits per heavy atom. The van der Waals surface area contributed by atoms with Gasteiger partial charge in [0.2, 0.25) is 0 Å². The van der Waals surface area contributed by atoms with Gasteiger partial charge in [-0.2, -0.15) is 5.10 Å². The summed E-state index contributed by atoms with van der Waals surface area (Å²) in [6, 6.07) is 8.63. The largest absolute Gasteiger partial charge is 0.497 e. The maximum atomic E-state index is 13.7. The third-order valence-corrected chi connectivity index (χ3v) is 4.95. The van der Waals surface area contributed by atoms with Crippen LogP contribution in [0.25, 0.3) is 5.69 Å². The summed E-state index contributed by atoms with van der Waals surface area (Å²) in [6.07, 6.45) is 2.27. The standard InChI is InChI=1S/C21H19F2N3O3/c1-28-13-7-9-17(19(11-13)29-2)24-21(27)20-14-4-3-5-18(14)26(25-20)12-6-8-15(22)16(23)10-12/h6-11H,3-5H2,1-2H3,(H,24,27). The number of halogens is 2. The lowest BCUT2D eigenvalue weighted by Gasteiger charge is -2.11. The van der Waals surface area contributed by atoms with Gasteiger partial charge in [-0.15, -0.1) is 0 Å². The second-order valence-corrected chi connectivity index (χ2v) is 6.66. The number of ether oxygens (including phenoxy) is 2. The molecule has 4 rings (SSSR count). The minimum absolute atomic E-state index is 0.264. The van der Waals surface area contributed by atoms with Crippen molar-refractivity contribution in [1.29, 1.82) is 0 Å². The number of methoxy groups -OCH3 is 2. The monoisotopic (exact) mass is 399 g/mol. The fourth-order valence-electron chi connectivity index (χ4n) is 3.53. The van der Waals surface area contributed by atoms with Crippen LogP contribution in [-0.4, -0.2) is 29.9 Å². The van der Waals surface area contributed by atoms with Crippen LogP contribution >= 0.6 is 0 Å². The van der Waals surface area contributed by atoms with Crippen LogP contribution in [0, 0.1) is 11.6 Å². The van der Waals surface area contributed by atoms with Gasteiger partial charge in [-0.25, -0.2) is 13.5 Å². The van der Waals surface area contributed by atoms with Crippen molar-refractivity contribution in [3.63, 3.8) is 0 Å². The summed E-state index contributed by atoms with van der Waals surface area (Å²) in [4.78, 5) is 13.0. The molecule has 6 nitrogen and oxygen atoms in total. The smallest absolute Gasteiger partial charge is 0.276 e. The first kappa shape index (κ1) is 18.9. The molecule has 0 saturated heterocycles. The van der Waals surface area contributed by atoms with Gasteiger partial charge in [0, 0.05) is 23.4 Å². The number of aromatic nitrogens is 2. The highest BCUT2D eigenvalue weighted by atomic mass is 19.2. The SMILES string of the molecule is COc1ccc(NC(=O)c2nn(-c3ccc(F)c(F)c3)c3c2CCC3)c(OC)c1. The van der Waals surface area contributed by atoms with E-state index in [0.29, 0.717) is 35.7 Å². The number of benzene rings is 2. The summed E-state index contributed by atoms with van der Waals surface area (Å²) >= 11 is 0. The summed E-state index contributed by atoms with van der Waals surface area (Å²) in [6.45, 7) is 0. The van der Waals surface area contributed by atoms with Gasteiger partial charge in [0.25, 0.3) is 5.91 Å². The lowest BCUT2D eigenvalue weighted by Crippen LogP contribution is -2.15. The second kappa shape index (κ2) is 7.54. The van der Waals surface area contributed by atoms with Gasteiger partial charge in [0.1, 0.15) is 11.5 Å². The maximum Gasteiger partial charge on any atom is 0.276 e. The predicted molar refractivity (Wildman–Crippen MR) is 103 cm³/mol. The first-order chi connectivity index (χ1) is 14.0. The Balaban J connectivity index is 1.69. The number of fused-ring (bicyclic) bond motifs is 1. The molecule has 150 valence electrons. The zero-order valence-electron chi connectivity index (χ0n) is 16.0. The van der Waals surface area contributed by atoms with Gasteiger partial charge in [-0.3, -0.25) is 4.79 Å². The maximum absolute atomic E-state index is 13.7. The fourth-order valence-corrected chi connectivity index (χ4v) is 3.53. The van der Waals surface area contributed by atoms with Gasteiger partial charge >= 0.3 is 0 Å². The Hall–Kier alpha value is -3.42. The minimum atomic E-state index is -0.960. The van der Waals surface area contributed by atoms with Crippen molar-refractivity contribution < 1.29 is 23.0 Å². The molecule has 0 fully saturated rings. The van der Waals surface area contributed by atoms with E-state index in [1.54, 1.807) is 25.3 Å². The van der Waals surface area contributed by atoms with Crippen molar-refractivity contribution >= 4 is 11.6 Å². The molecule has 0 radical (unpaired) electrons. The Morgan fingerprint density at radius 3 is 2.62 bits per heavy atom. The molecule has 3 aromatic rings. The summed E-state index contributed by atoms with van der Waals surface area (Å²) in [5.41, 5.74) is 2.78. The third-order valence-electron chi connectivity index (χ3n) is 4.95. The van der Waals surface area contributed by atoms with Crippen molar-refractivity contribution in [2.45, 2.75) is 19.3 Å². The molecule has 1 aromatic heterocycles. The Kier molecular flexibility index (Phi) is 4.92. The predicted octanol–water partition coefficient (Wildman–Crippen LogP) is 3.91. The van der Waals surface area contributed by atoms with Crippen LogP contribution in [0.15, 0.2) is 36.4 Å². The number of carbonyl (C=O) groups is 1. The number of carbonyl (C=O) groups excluding carboxylic acids is 1. The average molecular weight is 399 g/mol. The van der Waals surface area contributed by atoms with E-state index in [1.807, 2.05) is 0 Å².